The number of halogens is 1. The maximum atomic E-state index is 13.0. The minimum atomic E-state index is -0.456. The van der Waals surface area contributed by atoms with Gasteiger partial charge in [-0.05, 0) is 36.6 Å². The van der Waals surface area contributed by atoms with Gasteiger partial charge in [0.1, 0.15) is 11.4 Å². The Balaban J connectivity index is 2.10. The first-order valence-corrected chi connectivity index (χ1v) is 6.12. The predicted octanol–water partition coefficient (Wildman–Crippen LogP) is 3.27. The van der Waals surface area contributed by atoms with E-state index >= 15 is 0 Å². The van der Waals surface area contributed by atoms with E-state index in [4.69, 9.17) is 4.74 Å². The molecule has 3 heteroatoms. The fraction of sp³-hybridized carbons (Fsp3) is 0.267. The van der Waals surface area contributed by atoms with Gasteiger partial charge in [0, 0.05) is 24.6 Å². The molecule has 92 valence electrons. The first-order chi connectivity index (χ1) is 8.81. The standard InChI is InChI=1S/C15H14FNO/c16-14-6-4-12(5-7-14)15(8-2-10-18-15)13-3-1-9-17-11-13/h1,3-7,9,11H,2,8,10H2. The lowest BCUT2D eigenvalue weighted by Gasteiger charge is -2.29. The summed E-state index contributed by atoms with van der Waals surface area (Å²) >= 11 is 0. The second kappa shape index (κ2) is 4.50. The molecule has 18 heavy (non-hydrogen) atoms. The van der Waals surface area contributed by atoms with Gasteiger partial charge in [0.25, 0.3) is 0 Å². The third-order valence-electron chi connectivity index (χ3n) is 3.46. The first-order valence-electron chi connectivity index (χ1n) is 6.12. The van der Waals surface area contributed by atoms with Crippen molar-refractivity contribution in [3.05, 3.63) is 65.7 Å². The molecule has 2 heterocycles. The zero-order valence-electron chi connectivity index (χ0n) is 9.97. The number of nitrogens with zero attached hydrogens (tertiary/aromatic N) is 1. The number of ether oxygens (including phenoxy) is 1. The summed E-state index contributed by atoms with van der Waals surface area (Å²) in [6, 6.07) is 10.5. The minimum Gasteiger partial charge on any atom is -0.365 e. The molecule has 1 saturated heterocycles. The Kier molecular flexibility index (Phi) is 2.84. The van der Waals surface area contributed by atoms with Crippen molar-refractivity contribution in [1.82, 2.24) is 4.98 Å². The molecule has 1 aromatic carbocycles. The molecular formula is C15H14FNO. The lowest BCUT2D eigenvalue weighted by atomic mass is 9.85. The number of hydrogen-bond acceptors (Lipinski definition) is 2. The van der Waals surface area contributed by atoms with E-state index < -0.39 is 5.60 Å². The summed E-state index contributed by atoms with van der Waals surface area (Å²) in [6.45, 7) is 0.728. The molecule has 1 aliphatic heterocycles. The van der Waals surface area contributed by atoms with Gasteiger partial charge in [0.15, 0.2) is 0 Å². The Morgan fingerprint density at radius 3 is 2.56 bits per heavy atom. The Labute approximate surface area is 105 Å². The molecule has 2 aromatic rings. The number of rotatable bonds is 2. The largest absolute Gasteiger partial charge is 0.365 e. The van der Waals surface area contributed by atoms with Gasteiger partial charge in [0.2, 0.25) is 0 Å². The quantitative estimate of drug-likeness (QED) is 0.807. The Bertz CT molecular complexity index is 518. The minimum absolute atomic E-state index is 0.224. The zero-order valence-corrected chi connectivity index (χ0v) is 9.97. The molecule has 0 amide bonds. The lowest BCUT2D eigenvalue weighted by molar-refractivity contribution is 0.0356. The predicted molar refractivity (Wildman–Crippen MR) is 66.6 cm³/mol. The highest BCUT2D eigenvalue weighted by atomic mass is 19.1. The molecule has 0 spiro atoms. The van der Waals surface area contributed by atoms with Crippen LogP contribution in [0.25, 0.3) is 0 Å². The summed E-state index contributed by atoms with van der Waals surface area (Å²) in [5, 5.41) is 0. The summed E-state index contributed by atoms with van der Waals surface area (Å²) in [5.74, 6) is -0.224. The number of aromatic nitrogens is 1. The fourth-order valence-corrected chi connectivity index (χ4v) is 2.58. The van der Waals surface area contributed by atoms with Crippen LogP contribution in [-0.2, 0) is 10.3 Å². The van der Waals surface area contributed by atoms with E-state index in [2.05, 4.69) is 4.98 Å². The SMILES string of the molecule is Fc1ccc(C2(c3cccnc3)CCCO2)cc1. The topological polar surface area (TPSA) is 22.1 Å². The van der Waals surface area contributed by atoms with Gasteiger partial charge in [-0.15, -0.1) is 0 Å². The maximum Gasteiger partial charge on any atom is 0.123 e. The Morgan fingerprint density at radius 2 is 1.94 bits per heavy atom. The molecule has 1 aromatic heterocycles. The van der Waals surface area contributed by atoms with Crippen molar-refractivity contribution < 1.29 is 9.13 Å². The van der Waals surface area contributed by atoms with Crippen LogP contribution in [0, 0.1) is 5.82 Å². The van der Waals surface area contributed by atoms with Crippen LogP contribution in [0.15, 0.2) is 48.8 Å². The van der Waals surface area contributed by atoms with E-state index in [1.165, 1.54) is 12.1 Å². The monoisotopic (exact) mass is 243 g/mol. The number of benzene rings is 1. The van der Waals surface area contributed by atoms with Gasteiger partial charge >= 0.3 is 0 Å². The van der Waals surface area contributed by atoms with Gasteiger partial charge in [-0.2, -0.15) is 0 Å². The van der Waals surface area contributed by atoms with Gasteiger partial charge < -0.3 is 4.74 Å². The highest BCUT2D eigenvalue weighted by Crippen LogP contribution is 2.41. The first kappa shape index (κ1) is 11.4. The summed E-state index contributed by atoms with van der Waals surface area (Å²) in [6.07, 6.45) is 5.49. The molecule has 2 nitrogen and oxygen atoms in total. The van der Waals surface area contributed by atoms with Gasteiger partial charge in [0.05, 0.1) is 0 Å². The van der Waals surface area contributed by atoms with Gasteiger partial charge in [-0.25, -0.2) is 4.39 Å². The van der Waals surface area contributed by atoms with Crippen LogP contribution in [-0.4, -0.2) is 11.6 Å². The molecular weight excluding hydrogens is 229 g/mol. The van der Waals surface area contributed by atoms with Crippen LogP contribution in [0.3, 0.4) is 0 Å². The average molecular weight is 243 g/mol. The maximum absolute atomic E-state index is 13.0. The molecule has 1 aliphatic rings. The van der Waals surface area contributed by atoms with Crippen LogP contribution in [0.1, 0.15) is 24.0 Å². The molecule has 1 fully saturated rings. The van der Waals surface area contributed by atoms with Crippen molar-refractivity contribution in [1.29, 1.82) is 0 Å². The van der Waals surface area contributed by atoms with E-state index in [0.29, 0.717) is 0 Å². The summed E-state index contributed by atoms with van der Waals surface area (Å²) in [7, 11) is 0. The van der Waals surface area contributed by atoms with Crippen LogP contribution < -0.4 is 0 Å². The zero-order chi connectivity index (χ0) is 12.4. The third kappa shape index (κ3) is 1.81. The molecule has 0 radical (unpaired) electrons. The van der Waals surface area contributed by atoms with E-state index in [1.807, 2.05) is 18.3 Å². The third-order valence-corrected chi connectivity index (χ3v) is 3.46. The smallest absolute Gasteiger partial charge is 0.123 e. The van der Waals surface area contributed by atoms with Crippen LogP contribution in [0.2, 0.25) is 0 Å². The normalized spacial score (nSPS) is 23.2. The van der Waals surface area contributed by atoms with Crippen molar-refractivity contribution in [2.45, 2.75) is 18.4 Å². The van der Waals surface area contributed by atoms with Gasteiger partial charge in [-0.3, -0.25) is 4.98 Å². The molecule has 0 bridgehead atoms. The molecule has 0 saturated carbocycles. The molecule has 1 atom stereocenters. The van der Waals surface area contributed by atoms with E-state index in [0.717, 1.165) is 30.6 Å². The van der Waals surface area contributed by atoms with E-state index in [-0.39, 0.29) is 5.82 Å². The van der Waals surface area contributed by atoms with Crippen molar-refractivity contribution >= 4 is 0 Å². The fourth-order valence-electron chi connectivity index (χ4n) is 2.58. The summed E-state index contributed by atoms with van der Waals surface area (Å²) in [5.41, 5.74) is 1.57. The lowest BCUT2D eigenvalue weighted by Crippen LogP contribution is -2.26. The summed E-state index contributed by atoms with van der Waals surface area (Å²) in [4.78, 5) is 4.16. The molecule has 0 aliphatic carbocycles. The van der Waals surface area contributed by atoms with Crippen LogP contribution in [0.5, 0.6) is 0 Å². The number of hydrogen-bond donors (Lipinski definition) is 0. The molecule has 1 unspecified atom stereocenters. The van der Waals surface area contributed by atoms with E-state index in [1.54, 1.807) is 18.3 Å². The van der Waals surface area contributed by atoms with Crippen molar-refractivity contribution in [3.63, 3.8) is 0 Å². The Hall–Kier alpha value is -1.74. The van der Waals surface area contributed by atoms with Crippen molar-refractivity contribution in [3.8, 4) is 0 Å². The van der Waals surface area contributed by atoms with E-state index in [9.17, 15) is 4.39 Å². The molecule has 3 rings (SSSR count). The van der Waals surface area contributed by atoms with Crippen molar-refractivity contribution in [2.24, 2.45) is 0 Å². The molecule has 0 N–H and O–H groups in total. The van der Waals surface area contributed by atoms with Crippen LogP contribution >= 0.6 is 0 Å². The second-order valence-corrected chi connectivity index (χ2v) is 4.53. The highest BCUT2D eigenvalue weighted by molar-refractivity contribution is 5.36. The van der Waals surface area contributed by atoms with Gasteiger partial charge in [-0.1, -0.05) is 18.2 Å². The van der Waals surface area contributed by atoms with Crippen LogP contribution in [0.4, 0.5) is 4.39 Å². The average Bonchev–Trinajstić information content (AvgIpc) is 2.91. The van der Waals surface area contributed by atoms with Crippen molar-refractivity contribution in [2.75, 3.05) is 6.61 Å². The Morgan fingerprint density at radius 1 is 1.11 bits per heavy atom. The second-order valence-electron chi connectivity index (χ2n) is 4.53. The summed E-state index contributed by atoms with van der Waals surface area (Å²) < 4.78 is 19.0. The highest BCUT2D eigenvalue weighted by Gasteiger charge is 2.38. The number of pyridine rings is 1.